The molecule has 4 rings (SSSR count). The zero-order valence-electron chi connectivity index (χ0n) is 17.9. The highest BCUT2D eigenvalue weighted by Crippen LogP contribution is 2.42. The average Bonchev–Trinajstić information content (AvgIpc) is 3.04. The summed E-state index contributed by atoms with van der Waals surface area (Å²) in [6.45, 7) is 13.3. The van der Waals surface area contributed by atoms with Crippen LogP contribution in [0.3, 0.4) is 0 Å². The molecule has 1 aromatic carbocycles. The highest BCUT2D eigenvalue weighted by atomic mass is 16.5. The summed E-state index contributed by atoms with van der Waals surface area (Å²) < 4.78 is 6.11. The first-order chi connectivity index (χ1) is 14.9. The van der Waals surface area contributed by atoms with Crippen LogP contribution in [0, 0.1) is 0 Å². The number of phenols is 2. The number of carbonyl (C=O) groups is 1. The molecule has 1 aromatic rings. The fraction of sp³-hybridized carbons (Fsp3) is 0.458. The van der Waals surface area contributed by atoms with Gasteiger partial charge in [-0.05, 0) is 41.7 Å². The Morgan fingerprint density at radius 1 is 1.03 bits per heavy atom. The summed E-state index contributed by atoms with van der Waals surface area (Å²) in [5.74, 6) is 0.125. The molecule has 7 nitrogen and oxygen atoms in total. The van der Waals surface area contributed by atoms with Crippen LogP contribution in [0.1, 0.15) is 18.4 Å². The molecule has 1 spiro atoms. The Morgan fingerprint density at radius 2 is 1.65 bits per heavy atom. The maximum atomic E-state index is 13.1. The van der Waals surface area contributed by atoms with Crippen molar-refractivity contribution in [1.29, 1.82) is 0 Å². The number of benzene rings is 1. The molecule has 3 fully saturated rings. The van der Waals surface area contributed by atoms with Crippen LogP contribution in [-0.4, -0.2) is 82.4 Å². The van der Waals surface area contributed by atoms with Gasteiger partial charge in [-0.1, -0.05) is 25.3 Å². The molecule has 2 amide bonds. The van der Waals surface area contributed by atoms with Crippen molar-refractivity contribution in [2.24, 2.45) is 0 Å². The van der Waals surface area contributed by atoms with Crippen molar-refractivity contribution < 1.29 is 19.7 Å². The quantitative estimate of drug-likeness (QED) is 0.779. The number of hydrogen-bond donors (Lipinski definition) is 2. The average molecular weight is 426 g/mol. The summed E-state index contributed by atoms with van der Waals surface area (Å²) in [6.07, 6.45) is 5.33. The van der Waals surface area contributed by atoms with Crippen molar-refractivity contribution in [1.82, 2.24) is 14.7 Å². The fourth-order valence-electron chi connectivity index (χ4n) is 4.87. The van der Waals surface area contributed by atoms with Crippen molar-refractivity contribution >= 4 is 6.03 Å². The van der Waals surface area contributed by atoms with Gasteiger partial charge in [0, 0.05) is 51.9 Å². The third-order valence-electron chi connectivity index (χ3n) is 6.53. The van der Waals surface area contributed by atoms with E-state index in [9.17, 15) is 15.0 Å². The molecule has 3 saturated heterocycles. The number of piperazine rings is 1. The first-order valence-electron chi connectivity index (χ1n) is 10.8. The Labute approximate surface area is 183 Å². The smallest absolute Gasteiger partial charge is 0.320 e. The monoisotopic (exact) mass is 425 g/mol. The fourth-order valence-corrected chi connectivity index (χ4v) is 4.87. The van der Waals surface area contributed by atoms with E-state index in [1.165, 1.54) is 6.07 Å². The van der Waals surface area contributed by atoms with Crippen LogP contribution in [0.2, 0.25) is 0 Å². The summed E-state index contributed by atoms with van der Waals surface area (Å²) in [4.78, 5) is 19.1. The molecule has 3 aliphatic rings. The highest BCUT2D eigenvalue weighted by molar-refractivity contribution is 5.75. The molecule has 0 aromatic heterocycles. The van der Waals surface area contributed by atoms with Gasteiger partial charge < -0.3 is 24.7 Å². The molecule has 0 unspecified atom stereocenters. The Bertz CT molecular complexity index is 874. The van der Waals surface area contributed by atoms with Crippen molar-refractivity contribution in [3.05, 3.63) is 60.2 Å². The molecule has 166 valence electrons. The van der Waals surface area contributed by atoms with Gasteiger partial charge >= 0.3 is 6.03 Å². The second-order valence-electron chi connectivity index (χ2n) is 8.59. The highest BCUT2D eigenvalue weighted by Gasteiger charge is 2.45. The van der Waals surface area contributed by atoms with Crippen LogP contribution in [0.4, 0.5) is 4.79 Å². The molecule has 0 aliphatic carbocycles. The Morgan fingerprint density at radius 3 is 2.26 bits per heavy atom. The van der Waals surface area contributed by atoms with Crippen LogP contribution in [-0.2, 0) is 11.3 Å². The molecule has 3 heterocycles. The van der Waals surface area contributed by atoms with Gasteiger partial charge in [0.25, 0.3) is 0 Å². The molecule has 7 heteroatoms. The van der Waals surface area contributed by atoms with Crippen LogP contribution >= 0.6 is 0 Å². The van der Waals surface area contributed by atoms with Crippen LogP contribution in [0.5, 0.6) is 11.5 Å². The predicted molar refractivity (Wildman–Crippen MR) is 119 cm³/mol. The van der Waals surface area contributed by atoms with Gasteiger partial charge in [-0.15, -0.1) is 0 Å². The van der Waals surface area contributed by atoms with E-state index in [-0.39, 0.29) is 23.1 Å². The van der Waals surface area contributed by atoms with E-state index >= 15 is 0 Å². The third-order valence-corrected chi connectivity index (χ3v) is 6.53. The summed E-state index contributed by atoms with van der Waals surface area (Å²) in [6, 6.07) is 4.74. The first-order valence-corrected chi connectivity index (χ1v) is 10.8. The van der Waals surface area contributed by atoms with Gasteiger partial charge in [0.2, 0.25) is 0 Å². The molecule has 3 aliphatic heterocycles. The molecule has 31 heavy (non-hydrogen) atoms. The molecule has 0 saturated carbocycles. The minimum atomic E-state index is -0.326. The topological polar surface area (TPSA) is 76.5 Å². The summed E-state index contributed by atoms with van der Waals surface area (Å²) >= 11 is 0. The summed E-state index contributed by atoms with van der Waals surface area (Å²) in [5.41, 5.74) is 2.67. The number of hydrogen-bond acceptors (Lipinski definition) is 5. The normalized spacial score (nSPS) is 23.0. The lowest BCUT2D eigenvalue weighted by molar-refractivity contribution is -0.0188. The summed E-state index contributed by atoms with van der Waals surface area (Å²) in [7, 11) is 0. The number of likely N-dealkylation sites (tertiary alicyclic amines) is 1. The molecule has 0 radical (unpaired) electrons. The largest absolute Gasteiger partial charge is 0.508 e. The van der Waals surface area contributed by atoms with Crippen LogP contribution < -0.4 is 0 Å². The zero-order valence-corrected chi connectivity index (χ0v) is 17.9. The maximum Gasteiger partial charge on any atom is 0.320 e. The van der Waals surface area contributed by atoms with Gasteiger partial charge in [-0.3, -0.25) is 4.90 Å². The van der Waals surface area contributed by atoms with Gasteiger partial charge in [-0.25, -0.2) is 4.79 Å². The zero-order chi connectivity index (χ0) is 22.0. The SMILES string of the molecule is C=CC=C1C(=C)COC12CCN(C(=O)N1CCN(Cc3cc(O)cc(O)c3)CC1)CC2. The summed E-state index contributed by atoms with van der Waals surface area (Å²) in [5, 5.41) is 19.3. The number of urea groups is 1. The number of amides is 2. The standard InChI is InChI=1S/C24H31N3O4/c1-3-4-22-18(2)17-31-24(22)5-7-26(8-6-24)23(30)27-11-9-25(10-12-27)16-19-13-20(28)15-21(29)14-19/h3-4,13-15,28-29H,1-2,5-12,16-17H2. The first kappa shape index (κ1) is 21.5. The lowest BCUT2D eigenvalue weighted by atomic mass is 9.82. The van der Waals surface area contributed by atoms with Crippen molar-refractivity contribution in [3.8, 4) is 11.5 Å². The molecular formula is C24H31N3O4. The molecular weight excluding hydrogens is 394 g/mol. The second-order valence-corrected chi connectivity index (χ2v) is 8.59. The molecule has 0 bridgehead atoms. The number of allylic oxidation sites excluding steroid dienone is 2. The Hall–Kier alpha value is -2.77. The number of aromatic hydroxyl groups is 2. The maximum absolute atomic E-state index is 13.1. The van der Waals surface area contributed by atoms with E-state index in [1.54, 1.807) is 18.2 Å². The van der Waals surface area contributed by atoms with Crippen molar-refractivity contribution in [2.75, 3.05) is 45.9 Å². The van der Waals surface area contributed by atoms with Gasteiger partial charge in [0.1, 0.15) is 11.5 Å². The van der Waals surface area contributed by atoms with Gasteiger partial charge in [0.05, 0.1) is 12.2 Å². The van der Waals surface area contributed by atoms with E-state index in [0.29, 0.717) is 39.3 Å². The lowest BCUT2D eigenvalue weighted by Gasteiger charge is -2.42. The molecule has 2 N–H and O–H groups in total. The predicted octanol–water partition coefficient (Wildman–Crippen LogP) is 2.87. The van der Waals surface area contributed by atoms with Crippen molar-refractivity contribution in [3.63, 3.8) is 0 Å². The van der Waals surface area contributed by atoms with Crippen molar-refractivity contribution in [2.45, 2.75) is 25.0 Å². The lowest BCUT2D eigenvalue weighted by Crippen LogP contribution is -2.55. The number of phenolic OH excluding ortho intramolecular Hbond substituents is 2. The van der Waals surface area contributed by atoms with E-state index in [4.69, 9.17) is 4.74 Å². The van der Waals surface area contributed by atoms with E-state index in [1.807, 2.05) is 15.9 Å². The number of piperidine rings is 1. The van der Waals surface area contributed by atoms with E-state index in [2.05, 4.69) is 18.1 Å². The number of nitrogens with zero attached hydrogens (tertiary/aromatic N) is 3. The number of rotatable bonds is 3. The minimum absolute atomic E-state index is 0.0626. The van der Waals surface area contributed by atoms with Crippen LogP contribution in [0.15, 0.2) is 54.7 Å². The van der Waals surface area contributed by atoms with E-state index < -0.39 is 0 Å². The number of carbonyl (C=O) groups excluding carboxylic acids is 1. The number of ether oxygens (including phenoxy) is 1. The van der Waals surface area contributed by atoms with Crippen LogP contribution in [0.25, 0.3) is 0 Å². The third kappa shape index (κ3) is 4.48. The van der Waals surface area contributed by atoms with Gasteiger partial charge in [0.15, 0.2) is 0 Å². The van der Waals surface area contributed by atoms with Gasteiger partial charge in [-0.2, -0.15) is 0 Å². The second kappa shape index (κ2) is 8.77. The Kier molecular flexibility index (Phi) is 6.07. The molecule has 0 atom stereocenters. The minimum Gasteiger partial charge on any atom is -0.508 e. The Balaban J connectivity index is 1.29. The van der Waals surface area contributed by atoms with E-state index in [0.717, 1.165) is 42.6 Å².